The van der Waals surface area contributed by atoms with E-state index < -0.39 is 0 Å². The van der Waals surface area contributed by atoms with Gasteiger partial charge in [-0.15, -0.1) is 0 Å². The van der Waals surface area contributed by atoms with Gasteiger partial charge in [0.1, 0.15) is 5.82 Å². The fourth-order valence-corrected chi connectivity index (χ4v) is 3.38. The molecule has 1 aromatic carbocycles. The van der Waals surface area contributed by atoms with Gasteiger partial charge in [-0.05, 0) is 43.9 Å². The van der Waals surface area contributed by atoms with Crippen molar-refractivity contribution in [2.75, 3.05) is 31.6 Å². The number of rotatable bonds is 3. The number of amides is 2. The van der Waals surface area contributed by atoms with Crippen molar-refractivity contribution in [2.24, 2.45) is 11.8 Å². The summed E-state index contributed by atoms with van der Waals surface area (Å²) >= 11 is 0. The molecule has 3 rings (SSSR count). The van der Waals surface area contributed by atoms with Crippen molar-refractivity contribution in [3.8, 4) is 0 Å². The molecule has 5 nitrogen and oxygen atoms in total. The quantitative estimate of drug-likeness (QED) is 0.924. The molecular weight excluding hydrogens is 311 g/mol. The molecule has 2 amide bonds. The maximum Gasteiger partial charge on any atom is 0.227 e. The van der Waals surface area contributed by atoms with Crippen molar-refractivity contribution in [1.82, 2.24) is 4.90 Å². The third-order valence-corrected chi connectivity index (χ3v) is 4.84. The van der Waals surface area contributed by atoms with Gasteiger partial charge in [-0.2, -0.15) is 0 Å². The average Bonchev–Trinajstić information content (AvgIpc) is 2.62. The van der Waals surface area contributed by atoms with Crippen molar-refractivity contribution in [3.05, 3.63) is 30.1 Å². The molecule has 130 valence electrons. The third kappa shape index (κ3) is 4.12. The van der Waals surface area contributed by atoms with Crippen LogP contribution >= 0.6 is 0 Å². The van der Waals surface area contributed by atoms with Crippen LogP contribution < -0.4 is 5.32 Å². The second-order valence-corrected chi connectivity index (χ2v) is 6.49. The van der Waals surface area contributed by atoms with E-state index in [0.717, 1.165) is 12.8 Å². The number of piperidine rings is 1. The molecule has 2 fully saturated rings. The zero-order valence-corrected chi connectivity index (χ0v) is 13.7. The van der Waals surface area contributed by atoms with Crippen LogP contribution in [0.3, 0.4) is 0 Å². The standard InChI is InChI=1S/C18H23FN2O3/c19-15-2-1-3-16(12-15)20-17(22)13-4-8-21(9-5-13)18(23)14-6-10-24-11-7-14/h1-3,12-14H,4-11H2,(H,20,22). The van der Waals surface area contributed by atoms with E-state index in [9.17, 15) is 14.0 Å². The Hall–Kier alpha value is -1.95. The molecule has 1 aromatic rings. The highest BCUT2D eigenvalue weighted by molar-refractivity contribution is 5.92. The number of carbonyl (C=O) groups is 2. The maximum absolute atomic E-state index is 13.2. The van der Waals surface area contributed by atoms with Crippen LogP contribution in [-0.4, -0.2) is 43.0 Å². The lowest BCUT2D eigenvalue weighted by atomic mass is 9.93. The molecule has 0 spiro atoms. The van der Waals surface area contributed by atoms with Crippen molar-refractivity contribution < 1.29 is 18.7 Å². The SMILES string of the molecule is O=C(Nc1cccc(F)c1)C1CCN(C(=O)C2CCOCC2)CC1. The van der Waals surface area contributed by atoms with Crippen molar-refractivity contribution in [2.45, 2.75) is 25.7 Å². The molecule has 24 heavy (non-hydrogen) atoms. The normalized spacial score (nSPS) is 20.0. The van der Waals surface area contributed by atoms with Gasteiger partial charge in [0.05, 0.1) is 0 Å². The number of likely N-dealkylation sites (tertiary alicyclic amines) is 1. The summed E-state index contributed by atoms with van der Waals surface area (Å²) in [5.41, 5.74) is 0.473. The number of ether oxygens (including phenoxy) is 1. The first-order valence-electron chi connectivity index (χ1n) is 8.56. The molecule has 6 heteroatoms. The Balaban J connectivity index is 1.49. The fourth-order valence-electron chi connectivity index (χ4n) is 3.38. The van der Waals surface area contributed by atoms with E-state index in [1.807, 2.05) is 4.90 Å². The number of carbonyl (C=O) groups excluding carboxylic acids is 2. The summed E-state index contributed by atoms with van der Waals surface area (Å²) in [4.78, 5) is 26.7. The summed E-state index contributed by atoms with van der Waals surface area (Å²) in [5.74, 6) is -0.339. The number of anilines is 1. The van der Waals surface area contributed by atoms with Gasteiger partial charge in [-0.3, -0.25) is 9.59 Å². The summed E-state index contributed by atoms with van der Waals surface area (Å²) in [6.07, 6.45) is 2.88. The largest absolute Gasteiger partial charge is 0.381 e. The lowest BCUT2D eigenvalue weighted by molar-refractivity contribution is -0.141. The Morgan fingerprint density at radius 1 is 1.08 bits per heavy atom. The molecule has 0 aromatic heterocycles. The van der Waals surface area contributed by atoms with Crippen LogP contribution in [0.2, 0.25) is 0 Å². The van der Waals surface area contributed by atoms with Crippen molar-refractivity contribution in [1.29, 1.82) is 0 Å². The highest BCUT2D eigenvalue weighted by Crippen LogP contribution is 2.24. The summed E-state index contributed by atoms with van der Waals surface area (Å²) in [6, 6.07) is 5.89. The molecule has 0 aliphatic carbocycles. The Morgan fingerprint density at radius 2 is 1.79 bits per heavy atom. The fraction of sp³-hybridized carbons (Fsp3) is 0.556. The van der Waals surface area contributed by atoms with Gasteiger partial charge in [0, 0.05) is 43.8 Å². The van der Waals surface area contributed by atoms with Crippen LogP contribution in [0.5, 0.6) is 0 Å². The Kier molecular flexibility index (Phi) is 5.45. The molecule has 0 bridgehead atoms. The number of nitrogens with zero attached hydrogens (tertiary/aromatic N) is 1. The lowest BCUT2D eigenvalue weighted by Crippen LogP contribution is -2.45. The van der Waals surface area contributed by atoms with Crippen LogP contribution in [0, 0.1) is 17.7 Å². The molecule has 0 unspecified atom stereocenters. The van der Waals surface area contributed by atoms with Gasteiger partial charge in [0.15, 0.2) is 0 Å². The minimum absolute atomic E-state index is 0.0661. The molecule has 0 atom stereocenters. The first kappa shape index (κ1) is 16.9. The zero-order chi connectivity index (χ0) is 16.9. The first-order chi connectivity index (χ1) is 11.6. The van der Waals surface area contributed by atoms with Gasteiger partial charge in [-0.1, -0.05) is 6.07 Å². The van der Waals surface area contributed by atoms with Gasteiger partial charge < -0.3 is 15.0 Å². The van der Waals surface area contributed by atoms with Crippen LogP contribution in [0.25, 0.3) is 0 Å². The van der Waals surface area contributed by atoms with Crippen LogP contribution in [0.4, 0.5) is 10.1 Å². The lowest BCUT2D eigenvalue weighted by Gasteiger charge is -2.34. The van der Waals surface area contributed by atoms with E-state index in [4.69, 9.17) is 4.74 Å². The predicted molar refractivity (Wildman–Crippen MR) is 87.9 cm³/mol. The molecule has 2 aliphatic rings. The summed E-state index contributed by atoms with van der Waals surface area (Å²) in [5, 5.41) is 2.76. The molecular formula is C18H23FN2O3. The van der Waals surface area contributed by atoms with Gasteiger partial charge in [0.2, 0.25) is 11.8 Å². The van der Waals surface area contributed by atoms with Gasteiger partial charge in [-0.25, -0.2) is 4.39 Å². The summed E-state index contributed by atoms with van der Waals surface area (Å²) < 4.78 is 18.5. The molecule has 2 saturated heterocycles. The number of halogens is 1. The van der Waals surface area contributed by atoms with E-state index in [-0.39, 0.29) is 29.5 Å². The van der Waals surface area contributed by atoms with Gasteiger partial charge in [0.25, 0.3) is 0 Å². The second-order valence-electron chi connectivity index (χ2n) is 6.49. The maximum atomic E-state index is 13.2. The van der Waals surface area contributed by atoms with E-state index >= 15 is 0 Å². The number of hydrogen-bond acceptors (Lipinski definition) is 3. The van der Waals surface area contributed by atoms with E-state index in [2.05, 4.69) is 5.32 Å². The van der Waals surface area contributed by atoms with E-state index in [0.29, 0.717) is 44.8 Å². The van der Waals surface area contributed by atoms with Crippen LogP contribution in [0.1, 0.15) is 25.7 Å². The highest BCUT2D eigenvalue weighted by atomic mass is 19.1. The molecule has 1 N–H and O–H groups in total. The Labute approximate surface area is 141 Å². The summed E-state index contributed by atoms with van der Waals surface area (Å²) in [6.45, 7) is 2.53. The first-order valence-corrected chi connectivity index (χ1v) is 8.56. The highest BCUT2D eigenvalue weighted by Gasteiger charge is 2.31. The molecule has 2 heterocycles. The summed E-state index contributed by atoms with van der Waals surface area (Å²) in [7, 11) is 0. The third-order valence-electron chi connectivity index (χ3n) is 4.84. The Morgan fingerprint density at radius 3 is 2.46 bits per heavy atom. The minimum Gasteiger partial charge on any atom is -0.381 e. The average molecular weight is 334 g/mol. The Bertz CT molecular complexity index is 594. The smallest absolute Gasteiger partial charge is 0.227 e. The predicted octanol–water partition coefficient (Wildman–Crippen LogP) is 2.43. The van der Waals surface area contributed by atoms with Crippen LogP contribution in [-0.2, 0) is 14.3 Å². The number of benzene rings is 1. The van der Waals surface area contributed by atoms with Crippen LogP contribution in [0.15, 0.2) is 24.3 Å². The molecule has 2 aliphatic heterocycles. The zero-order valence-electron chi connectivity index (χ0n) is 13.7. The monoisotopic (exact) mass is 334 g/mol. The van der Waals surface area contributed by atoms with Crippen molar-refractivity contribution in [3.63, 3.8) is 0 Å². The molecule has 0 saturated carbocycles. The minimum atomic E-state index is -0.371. The number of nitrogens with one attached hydrogen (secondary N) is 1. The van der Waals surface area contributed by atoms with Gasteiger partial charge >= 0.3 is 0 Å². The van der Waals surface area contributed by atoms with E-state index in [1.54, 1.807) is 12.1 Å². The topological polar surface area (TPSA) is 58.6 Å². The second kappa shape index (κ2) is 7.75. The van der Waals surface area contributed by atoms with E-state index in [1.165, 1.54) is 12.1 Å². The number of hydrogen-bond donors (Lipinski definition) is 1. The molecule has 0 radical (unpaired) electrons. The van der Waals surface area contributed by atoms with Crippen molar-refractivity contribution >= 4 is 17.5 Å².